The summed E-state index contributed by atoms with van der Waals surface area (Å²) in [7, 11) is 0. The summed E-state index contributed by atoms with van der Waals surface area (Å²) in [4.78, 5) is 0. The molecule has 0 heterocycles. The highest BCUT2D eigenvalue weighted by Crippen LogP contribution is 2.25. The zero-order chi connectivity index (χ0) is 10.7. The Balaban J connectivity index is 3.07. The molecule has 0 aliphatic heterocycles. The lowest BCUT2D eigenvalue weighted by Gasteiger charge is -2.15. The molecule has 0 aromatic heterocycles. The fourth-order valence-corrected chi connectivity index (χ4v) is 2.11. The molecule has 0 spiro atoms. The normalized spacial score (nSPS) is 12.9. The Bertz CT molecular complexity index is 325. The fraction of sp³-hybridized carbons (Fsp3) is 0.455. The first-order valence-electron chi connectivity index (χ1n) is 4.69. The van der Waals surface area contributed by atoms with Gasteiger partial charge in [-0.3, -0.25) is 0 Å². The molecule has 1 unspecified atom stereocenters. The highest BCUT2D eigenvalue weighted by atomic mass is 79.9. The second-order valence-electron chi connectivity index (χ2n) is 3.56. The van der Waals surface area contributed by atoms with Crippen LogP contribution in [0.1, 0.15) is 29.2 Å². The fourth-order valence-electron chi connectivity index (χ4n) is 1.52. The lowest BCUT2D eigenvalue weighted by molar-refractivity contribution is 0.276. The van der Waals surface area contributed by atoms with Crippen molar-refractivity contribution in [3.63, 3.8) is 0 Å². The van der Waals surface area contributed by atoms with Gasteiger partial charge in [0.05, 0.1) is 0 Å². The van der Waals surface area contributed by atoms with E-state index >= 15 is 0 Å². The van der Waals surface area contributed by atoms with Gasteiger partial charge in [0, 0.05) is 17.1 Å². The molecular weight excluding hydrogens is 242 g/mol. The number of halogens is 1. The molecule has 78 valence electrons. The van der Waals surface area contributed by atoms with E-state index in [-0.39, 0.29) is 12.6 Å². The lowest BCUT2D eigenvalue weighted by Crippen LogP contribution is -2.13. The van der Waals surface area contributed by atoms with Gasteiger partial charge in [-0.1, -0.05) is 15.9 Å². The summed E-state index contributed by atoms with van der Waals surface area (Å²) in [6.45, 7) is 4.26. The first kappa shape index (κ1) is 11.7. The molecule has 3 heteroatoms. The van der Waals surface area contributed by atoms with Crippen LogP contribution < -0.4 is 5.73 Å². The molecule has 1 rings (SSSR count). The summed E-state index contributed by atoms with van der Waals surface area (Å²) < 4.78 is 1.05. The first-order valence-corrected chi connectivity index (χ1v) is 5.48. The van der Waals surface area contributed by atoms with Crippen molar-refractivity contribution in [3.05, 3.63) is 33.3 Å². The van der Waals surface area contributed by atoms with E-state index < -0.39 is 0 Å². The Kier molecular flexibility index (Phi) is 4.11. The Morgan fingerprint density at radius 1 is 1.43 bits per heavy atom. The molecule has 1 aromatic carbocycles. The molecule has 2 nitrogen and oxygen atoms in total. The third kappa shape index (κ3) is 2.56. The number of nitrogens with two attached hydrogens (primary N) is 1. The summed E-state index contributed by atoms with van der Waals surface area (Å²) in [6.07, 6.45) is 0.608. The summed E-state index contributed by atoms with van der Waals surface area (Å²) >= 11 is 3.45. The largest absolute Gasteiger partial charge is 0.396 e. The number of aliphatic hydroxyl groups is 1. The van der Waals surface area contributed by atoms with Gasteiger partial charge in [0.15, 0.2) is 0 Å². The Morgan fingerprint density at radius 2 is 2.07 bits per heavy atom. The van der Waals surface area contributed by atoms with E-state index in [1.54, 1.807) is 0 Å². The summed E-state index contributed by atoms with van der Waals surface area (Å²) in [5.41, 5.74) is 9.52. The van der Waals surface area contributed by atoms with Gasteiger partial charge in [0.1, 0.15) is 0 Å². The minimum atomic E-state index is -0.0730. The van der Waals surface area contributed by atoms with Crippen molar-refractivity contribution in [2.75, 3.05) is 6.61 Å². The molecule has 3 N–H and O–H groups in total. The average Bonchev–Trinajstić information content (AvgIpc) is 2.11. The third-order valence-electron chi connectivity index (χ3n) is 2.51. The van der Waals surface area contributed by atoms with E-state index in [2.05, 4.69) is 35.8 Å². The van der Waals surface area contributed by atoms with E-state index in [4.69, 9.17) is 10.8 Å². The quantitative estimate of drug-likeness (QED) is 0.874. The number of aryl methyl sites for hydroxylation is 1. The highest BCUT2D eigenvalue weighted by molar-refractivity contribution is 9.10. The number of aliphatic hydroxyl groups excluding tert-OH is 1. The molecule has 0 saturated heterocycles. The van der Waals surface area contributed by atoms with Crippen LogP contribution in [0.15, 0.2) is 16.6 Å². The smallest absolute Gasteiger partial charge is 0.0449 e. The van der Waals surface area contributed by atoms with Crippen molar-refractivity contribution < 1.29 is 5.11 Å². The van der Waals surface area contributed by atoms with E-state index in [1.807, 2.05) is 6.07 Å². The van der Waals surface area contributed by atoms with Crippen molar-refractivity contribution in [2.45, 2.75) is 26.3 Å². The summed E-state index contributed by atoms with van der Waals surface area (Å²) in [5.74, 6) is 0. The lowest BCUT2D eigenvalue weighted by atomic mass is 9.96. The van der Waals surface area contributed by atoms with Crippen LogP contribution in [0.5, 0.6) is 0 Å². The number of benzene rings is 1. The van der Waals surface area contributed by atoms with Crippen LogP contribution in [0.4, 0.5) is 0 Å². The van der Waals surface area contributed by atoms with Crippen LogP contribution in [-0.2, 0) is 0 Å². The van der Waals surface area contributed by atoms with Crippen LogP contribution in [0.25, 0.3) is 0 Å². The second kappa shape index (κ2) is 4.91. The topological polar surface area (TPSA) is 46.2 Å². The number of hydrogen-bond acceptors (Lipinski definition) is 2. The minimum Gasteiger partial charge on any atom is -0.396 e. The monoisotopic (exact) mass is 257 g/mol. The van der Waals surface area contributed by atoms with Gasteiger partial charge in [0.25, 0.3) is 0 Å². The molecule has 1 aromatic rings. The summed E-state index contributed by atoms with van der Waals surface area (Å²) in [5, 5.41) is 8.84. The Labute approximate surface area is 93.3 Å². The zero-order valence-electron chi connectivity index (χ0n) is 8.55. The molecule has 0 radical (unpaired) electrons. The van der Waals surface area contributed by atoms with Crippen molar-refractivity contribution >= 4 is 15.9 Å². The predicted molar refractivity (Wildman–Crippen MR) is 62.2 cm³/mol. The van der Waals surface area contributed by atoms with E-state index in [1.165, 1.54) is 11.1 Å². The van der Waals surface area contributed by atoms with Crippen molar-refractivity contribution in [1.29, 1.82) is 0 Å². The Hall–Kier alpha value is -0.380. The molecular formula is C11H16BrNO. The third-order valence-corrected chi connectivity index (χ3v) is 2.97. The molecule has 0 aliphatic rings. The molecule has 1 atom stereocenters. The van der Waals surface area contributed by atoms with Crippen LogP contribution in [0, 0.1) is 13.8 Å². The molecule has 14 heavy (non-hydrogen) atoms. The predicted octanol–water partition coefficient (Wildman–Crippen LogP) is 2.45. The van der Waals surface area contributed by atoms with Crippen molar-refractivity contribution in [1.82, 2.24) is 0 Å². The van der Waals surface area contributed by atoms with Gasteiger partial charge in [-0.15, -0.1) is 0 Å². The van der Waals surface area contributed by atoms with Gasteiger partial charge in [-0.25, -0.2) is 0 Å². The maximum absolute atomic E-state index is 8.84. The summed E-state index contributed by atoms with van der Waals surface area (Å²) in [6, 6.07) is 4.03. The minimum absolute atomic E-state index is 0.0730. The van der Waals surface area contributed by atoms with Gasteiger partial charge in [0.2, 0.25) is 0 Å². The number of rotatable bonds is 3. The first-order chi connectivity index (χ1) is 6.56. The Morgan fingerprint density at radius 3 is 2.64 bits per heavy atom. The van der Waals surface area contributed by atoms with Crippen LogP contribution >= 0.6 is 15.9 Å². The highest BCUT2D eigenvalue weighted by Gasteiger charge is 2.10. The maximum atomic E-state index is 8.84. The van der Waals surface area contributed by atoms with Crippen LogP contribution in [0.3, 0.4) is 0 Å². The van der Waals surface area contributed by atoms with Gasteiger partial charge >= 0.3 is 0 Å². The molecule has 0 fully saturated rings. The van der Waals surface area contributed by atoms with E-state index in [9.17, 15) is 0 Å². The van der Waals surface area contributed by atoms with E-state index in [0.717, 1.165) is 10.0 Å². The van der Waals surface area contributed by atoms with Crippen molar-refractivity contribution in [3.8, 4) is 0 Å². The number of hydrogen-bond donors (Lipinski definition) is 2. The van der Waals surface area contributed by atoms with Crippen molar-refractivity contribution in [2.24, 2.45) is 5.73 Å². The molecule has 0 amide bonds. The molecule has 0 aliphatic carbocycles. The van der Waals surface area contributed by atoms with E-state index in [0.29, 0.717) is 6.42 Å². The SMILES string of the molecule is Cc1cc(Br)cc(C(N)CCO)c1C. The van der Waals surface area contributed by atoms with Gasteiger partial charge in [-0.05, 0) is 49.1 Å². The second-order valence-corrected chi connectivity index (χ2v) is 4.47. The van der Waals surface area contributed by atoms with Crippen LogP contribution in [0.2, 0.25) is 0 Å². The maximum Gasteiger partial charge on any atom is 0.0449 e. The average molecular weight is 258 g/mol. The standard InChI is InChI=1S/C11H16BrNO/c1-7-5-9(12)6-10(8(7)2)11(13)3-4-14/h5-6,11,14H,3-4,13H2,1-2H3. The molecule has 0 saturated carbocycles. The van der Waals surface area contributed by atoms with Crippen LogP contribution in [-0.4, -0.2) is 11.7 Å². The zero-order valence-corrected chi connectivity index (χ0v) is 10.1. The van der Waals surface area contributed by atoms with Gasteiger partial charge < -0.3 is 10.8 Å². The molecule has 0 bridgehead atoms. The van der Waals surface area contributed by atoms with Gasteiger partial charge in [-0.2, -0.15) is 0 Å².